The van der Waals surface area contributed by atoms with Crippen molar-refractivity contribution in [2.75, 3.05) is 5.32 Å². The highest BCUT2D eigenvalue weighted by Gasteiger charge is 2.15. The summed E-state index contributed by atoms with van der Waals surface area (Å²) < 4.78 is 1.88. The third-order valence-electron chi connectivity index (χ3n) is 3.42. The molecular weight excluding hydrogens is 326 g/mol. The fourth-order valence-electron chi connectivity index (χ4n) is 2.14. The number of imidazole rings is 1. The minimum Gasteiger partial charge on any atom is -0.321 e. The molecule has 0 aliphatic heterocycles. The van der Waals surface area contributed by atoms with Crippen LogP contribution in [-0.2, 0) is 0 Å². The monoisotopic (exact) mass is 341 g/mol. The van der Waals surface area contributed by atoms with Gasteiger partial charge in [-0.05, 0) is 24.3 Å². The number of benzene rings is 1. The Hall–Kier alpha value is -2.73. The average Bonchev–Trinajstić information content (AvgIpc) is 3.10. The largest absolute Gasteiger partial charge is 0.321 e. The molecule has 0 aliphatic carbocycles. The van der Waals surface area contributed by atoms with Crippen molar-refractivity contribution in [3.63, 3.8) is 0 Å². The number of carbonyl (C=O) groups excluding carboxylic acids is 1. The standard InChI is InChI=1S/C17H16ClN5O/c1-11(2)16-20-9-14(18)15(22-16)17(24)21-12-3-5-13(6-4-12)23-8-7-19-10-23/h3-11H,1-2H3,(H,21,24). The SMILES string of the molecule is CC(C)c1ncc(Cl)c(C(=O)Nc2ccc(-n3ccnc3)cc2)n1. The Morgan fingerprint density at radius 3 is 2.62 bits per heavy atom. The number of rotatable bonds is 4. The highest BCUT2D eigenvalue weighted by Crippen LogP contribution is 2.19. The van der Waals surface area contributed by atoms with Gasteiger partial charge in [0.2, 0.25) is 0 Å². The van der Waals surface area contributed by atoms with Crippen molar-refractivity contribution in [1.82, 2.24) is 19.5 Å². The highest BCUT2D eigenvalue weighted by atomic mass is 35.5. The van der Waals surface area contributed by atoms with Crippen LogP contribution < -0.4 is 5.32 Å². The van der Waals surface area contributed by atoms with Crippen molar-refractivity contribution in [3.05, 3.63) is 65.7 Å². The molecule has 0 radical (unpaired) electrons. The third-order valence-corrected chi connectivity index (χ3v) is 3.70. The maximum atomic E-state index is 12.4. The number of aromatic nitrogens is 4. The fraction of sp³-hybridized carbons (Fsp3) is 0.176. The van der Waals surface area contributed by atoms with E-state index in [2.05, 4.69) is 20.3 Å². The molecule has 2 aromatic heterocycles. The van der Waals surface area contributed by atoms with Crippen LogP contribution in [0.4, 0.5) is 5.69 Å². The summed E-state index contributed by atoms with van der Waals surface area (Å²) in [6.07, 6.45) is 6.73. The van der Waals surface area contributed by atoms with Crippen LogP contribution >= 0.6 is 11.6 Å². The summed E-state index contributed by atoms with van der Waals surface area (Å²) in [5.74, 6) is 0.336. The molecule has 0 saturated carbocycles. The minimum atomic E-state index is -0.361. The molecule has 0 unspecified atom stereocenters. The van der Waals surface area contributed by atoms with Crippen LogP contribution in [0.2, 0.25) is 5.02 Å². The van der Waals surface area contributed by atoms with Gasteiger partial charge in [-0.25, -0.2) is 15.0 Å². The zero-order valence-electron chi connectivity index (χ0n) is 13.3. The Labute approximate surface area is 144 Å². The van der Waals surface area contributed by atoms with Crippen LogP contribution in [0, 0.1) is 0 Å². The number of halogens is 1. The summed E-state index contributed by atoms with van der Waals surface area (Å²) in [6.45, 7) is 3.92. The second-order valence-electron chi connectivity index (χ2n) is 5.55. The molecule has 0 spiro atoms. The van der Waals surface area contributed by atoms with E-state index in [0.717, 1.165) is 5.69 Å². The molecule has 122 valence electrons. The van der Waals surface area contributed by atoms with Crippen molar-refractivity contribution in [2.45, 2.75) is 19.8 Å². The van der Waals surface area contributed by atoms with Gasteiger partial charge in [0.1, 0.15) is 5.82 Å². The first-order valence-corrected chi connectivity index (χ1v) is 7.84. The van der Waals surface area contributed by atoms with E-state index >= 15 is 0 Å². The van der Waals surface area contributed by atoms with Gasteiger partial charge in [0.05, 0.1) is 17.5 Å². The molecule has 1 amide bonds. The summed E-state index contributed by atoms with van der Waals surface area (Å²) in [4.78, 5) is 24.8. The van der Waals surface area contributed by atoms with Gasteiger partial charge in [-0.2, -0.15) is 0 Å². The van der Waals surface area contributed by atoms with Crippen LogP contribution in [-0.4, -0.2) is 25.4 Å². The van der Waals surface area contributed by atoms with Crippen molar-refractivity contribution < 1.29 is 4.79 Å². The van der Waals surface area contributed by atoms with Crippen molar-refractivity contribution >= 4 is 23.2 Å². The summed E-state index contributed by atoms with van der Waals surface area (Å²) in [6, 6.07) is 7.40. The molecule has 0 saturated heterocycles. The maximum absolute atomic E-state index is 12.4. The zero-order valence-corrected chi connectivity index (χ0v) is 14.0. The molecule has 3 rings (SSSR count). The second-order valence-corrected chi connectivity index (χ2v) is 5.96. The molecule has 1 N–H and O–H groups in total. The number of carbonyl (C=O) groups is 1. The summed E-state index contributed by atoms with van der Waals surface area (Å²) in [5, 5.41) is 3.03. The molecule has 0 bridgehead atoms. The van der Waals surface area contributed by atoms with Crippen molar-refractivity contribution in [2.24, 2.45) is 0 Å². The van der Waals surface area contributed by atoms with Gasteiger partial charge in [-0.3, -0.25) is 4.79 Å². The number of nitrogens with one attached hydrogen (secondary N) is 1. The first-order chi connectivity index (χ1) is 11.5. The molecule has 3 aromatic rings. The van der Waals surface area contributed by atoms with Gasteiger partial charge in [-0.1, -0.05) is 25.4 Å². The van der Waals surface area contributed by atoms with Crippen molar-refractivity contribution in [3.8, 4) is 5.69 Å². The number of amides is 1. The van der Waals surface area contributed by atoms with Crippen LogP contribution in [0.15, 0.2) is 49.2 Å². The predicted molar refractivity (Wildman–Crippen MR) is 92.6 cm³/mol. The highest BCUT2D eigenvalue weighted by molar-refractivity contribution is 6.33. The number of hydrogen-bond acceptors (Lipinski definition) is 4. The number of nitrogens with zero attached hydrogens (tertiary/aromatic N) is 4. The normalized spacial score (nSPS) is 10.8. The van der Waals surface area contributed by atoms with Gasteiger partial charge in [0.15, 0.2) is 5.69 Å². The lowest BCUT2D eigenvalue weighted by Crippen LogP contribution is -2.16. The van der Waals surface area contributed by atoms with Gasteiger partial charge < -0.3 is 9.88 Å². The van der Waals surface area contributed by atoms with E-state index in [4.69, 9.17) is 11.6 Å². The molecular formula is C17H16ClN5O. The zero-order chi connectivity index (χ0) is 17.1. The first-order valence-electron chi connectivity index (χ1n) is 7.47. The van der Waals surface area contributed by atoms with E-state index in [1.807, 2.05) is 48.9 Å². The van der Waals surface area contributed by atoms with Crippen molar-refractivity contribution in [1.29, 1.82) is 0 Å². The summed E-state index contributed by atoms with van der Waals surface area (Å²) in [7, 11) is 0. The Morgan fingerprint density at radius 1 is 1.25 bits per heavy atom. The van der Waals surface area contributed by atoms with Crippen LogP contribution in [0.1, 0.15) is 36.1 Å². The number of anilines is 1. The van der Waals surface area contributed by atoms with Gasteiger partial charge in [0, 0.05) is 29.7 Å². The summed E-state index contributed by atoms with van der Waals surface area (Å²) >= 11 is 6.06. The lowest BCUT2D eigenvalue weighted by atomic mass is 10.2. The molecule has 7 heteroatoms. The summed E-state index contributed by atoms with van der Waals surface area (Å²) in [5.41, 5.74) is 1.78. The van der Waals surface area contributed by atoms with Gasteiger partial charge in [-0.15, -0.1) is 0 Å². The van der Waals surface area contributed by atoms with E-state index in [0.29, 0.717) is 11.5 Å². The lowest BCUT2D eigenvalue weighted by Gasteiger charge is -2.09. The van der Waals surface area contributed by atoms with Crippen LogP contribution in [0.3, 0.4) is 0 Å². The second kappa shape index (κ2) is 6.80. The van der Waals surface area contributed by atoms with E-state index < -0.39 is 0 Å². The molecule has 24 heavy (non-hydrogen) atoms. The molecule has 1 aromatic carbocycles. The predicted octanol–water partition coefficient (Wildman–Crippen LogP) is 3.69. The quantitative estimate of drug-likeness (QED) is 0.785. The van der Waals surface area contributed by atoms with Gasteiger partial charge in [0.25, 0.3) is 5.91 Å². The molecule has 6 nitrogen and oxygen atoms in total. The molecule has 0 fully saturated rings. The van der Waals surface area contributed by atoms with E-state index in [-0.39, 0.29) is 22.5 Å². The topological polar surface area (TPSA) is 72.7 Å². The first kappa shape index (κ1) is 16.1. The number of hydrogen-bond donors (Lipinski definition) is 1. The molecule has 2 heterocycles. The Balaban J connectivity index is 1.79. The van der Waals surface area contributed by atoms with E-state index in [1.54, 1.807) is 12.5 Å². The minimum absolute atomic E-state index is 0.114. The molecule has 0 aliphatic rings. The maximum Gasteiger partial charge on any atom is 0.275 e. The Bertz CT molecular complexity index is 844. The Kier molecular flexibility index (Phi) is 4.57. The van der Waals surface area contributed by atoms with E-state index in [9.17, 15) is 4.79 Å². The van der Waals surface area contributed by atoms with E-state index in [1.165, 1.54) is 6.20 Å². The average molecular weight is 342 g/mol. The smallest absolute Gasteiger partial charge is 0.275 e. The third kappa shape index (κ3) is 3.44. The fourth-order valence-corrected chi connectivity index (χ4v) is 2.31. The molecule has 0 atom stereocenters. The Morgan fingerprint density at radius 2 is 2.00 bits per heavy atom. The van der Waals surface area contributed by atoms with Gasteiger partial charge >= 0.3 is 0 Å². The van der Waals surface area contributed by atoms with Crippen LogP contribution in [0.25, 0.3) is 5.69 Å². The lowest BCUT2D eigenvalue weighted by molar-refractivity contribution is 0.102. The van der Waals surface area contributed by atoms with Crippen LogP contribution in [0.5, 0.6) is 0 Å².